The van der Waals surface area contributed by atoms with Crippen LogP contribution in [0.25, 0.3) is 0 Å². The highest BCUT2D eigenvalue weighted by atomic mass is 32.2. The zero-order valence-corrected chi connectivity index (χ0v) is 10.6. The first-order valence-corrected chi connectivity index (χ1v) is 6.36. The topological polar surface area (TPSA) is 34.9 Å². The first-order chi connectivity index (χ1) is 7.07. The number of ketones is 1. The minimum atomic E-state index is 0.111. The van der Waals surface area contributed by atoms with E-state index < -0.39 is 0 Å². The fraction of sp³-hybridized carbons (Fsp3) is 0.636. The van der Waals surface area contributed by atoms with Crippen LogP contribution < -0.4 is 0 Å². The normalized spacial score (nSPS) is 10.7. The van der Waals surface area contributed by atoms with Crippen LogP contribution in [0.4, 0.5) is 0 Å². The monoisotopic (exact) mass is 226 g/mol. The van der Waals surface area contributed by atoms with Crippen LogP contribution in [0.1, 0.15) is 35.6 Å². The number of rotatable bonds is 5. The summed E-state index contributed by atoms with van der Waals surface area (Å²) in [5.41, 5.74) is 2.63. The molecule has 4 heteroatoms. The molecule has 0 aliphatic rings. The van der Waals surface area contributed by atoms with Gasteiger partial charge in [0.05, 0.1) is 17.8 Å². The second kappa shape index (κ2) is 5.35. The third kappa shape index (κ3) is 2.84. The van der Waals surface area contributed by atoms with E-state index in [2.05, 4.69) is 12.0 Å². The van der Waals surface area contributed by atoms with Crippen LogP contribution in [0, 0.1) is 13.8 Å². The van der Waals surface area contributed by atoms with Gasteiger partial charge in [-0.1, -0.05) is 6.92 Å². The second-order valence-corrected chi connectivity index (χ2v) is 4.92. The van der Waals surface area contributed by atoms with Crippen molar-refractivity contribution in [3.05, 3.63) is 17.0 Å². The van der Waals surface area contributed by atoms with Crippen molar-refractivity contribution in [3.8, 4) is 0 Å². The molecule has 0 aliphatic heterocycles. The standard InChI is InChI=1S/C11H18N2OS/c1-5-15-7-6-13-9(3)11(10(4)14)8(2)12-13/h5-7H2,1-4H3. The molecule has 0 saturated carbocycles. The number of carbonyl (C=O) groups excluding carboxylic acids is 1. The van der Waals surface area contributed by atoms with E-state index in [1.54, 1.807) is 6.92 Å². The maximum Gasteiger partial charge on any atom is 0.163 e. The van der Waals surface area contributed by atoms with Gasteiger partial charge >= 0.3 is 0 Å². The van der Waals surface area contributed by atoms with E-state index in [0.717, 1.165) is 35.0 Å². The maximum atomic E-state index is 11.4. The molecule has 0 aromatic carbocycles. The molecule has 15 heavy (non-hydrogen) atoms. The lowest BCUT2D eigenvalue weighted by Crippen LogP contribution is -2.05. The van der Waals surface area contributed by atoms with E-state index in [4.69, 9.17) is 0 Å². The second-order valence-electron chi connectivity index (χ2n) is 3.52. The van der Waals surface area contributed by atoms with E-state index in [1.165, 1.54) is 0 Å². The number of hydrogen-bond acceptors (Lipinski definition) is 3. The molecule has 0 unspecified atom stereocenters. The van der Waals surface area contributed by atoms with Gasteiger partial charge in [0.2, 0.25) is 0 Å². The molecule has 0 fully saturated rings. The van der Waals surface area contributed by atoms with Crippen molar-refractivity contribution in [2.75, 3.05) is 11.5 Å². The molecule has 0 N–H and O–H groups in total. The van der Waals surface area contributed by atoms with Crippen LogP contribution in [0.15, 0.2) is 0 Å². The largest absolute Gasteiger partial charge is 0.294 e. The zero-order chi connectivity index (χ0) is 11.4. The Morgan fingerprint density at radius 2 is 2.13 bits per heavy atom. The molecular weight excluding hydrogens is 208 g/mol. The van der Waals surface area contributed by atoms with Gasteiger partial charge in [-0.15, -0.1) is 0 Å². The minimum Gasteiger partial charge on any atom is -0.294 e. The number of thioether (sulfide) groups is 1. The van der Waals surface area contributed by atoms with Gasteiger partial charge in [-0.25, -0.2) is 0 Å². The van der Waals surface area contributed by atoms with Gasteiger partial charge < -0.3 is 0 Å². The van der Waals surface area contributed by atoms with Crippen molar-refractivity contribution >= 4 is 17.5 Å². The fourth-order valence-electron chi connectivity index (χ4n) is 1.72. The van der Waals surface area contributed by atoms with Gasteiger partial charge in [0, 0.05) is 11.4 Å². The van der Waals surface area contributed by atoms with Crippen LogP contribution in [0.3, 0.4) is 0 Å². The highest BCUT2D eigenvalue weighted by molar-refractivity contribution is 7.99. The molecule has 0 bridgehead atoms. The van der Waals surface area contributed by atoms with E-state index in [1.807, 2.05) is 30.3 Å². The first kappa shape index (κ1) is 12.3. The summed E-state index contributed by atoms with van der Waals surface area (Å²) in [5.74, 6) is 2.29. The third-order valence-corrected chi connectivity index (χ3v) is 3.26. The van der Waals surface area contributed by atoms with Crippen molar-refractivity contribution in [3.63, 3.8) is 0 Å². The van der Waals surface area contributed by atoms with Crippen LogP contribution >= 0.6 is 11.8 Å². The lowest BCUT2D eigenvalue weighted by Gasteiger charge is -2.03. The lowest BCUT2D eigenvalue weighted by atomic mass is 10.1. The van der Waals surface area contributed by atoms with Gasteiger partial charge in [-0.05, 0) is 26.5 Å². The maximum absolute atomic E-state index is 11.4. The summed E-state index contributed by atoms with van der Waals surface area (Å²) < 4.78 is 1.94. The Kier molecular flexibility index (Phi) is 4.39. The average Bonchev–Trinajstić information content (AvgIpc) is 2.42. The Morgan fingerprint density at radius 3 is 2.60 bits per heavy atom. The van der Waals surface area contributed by atoms with E-state index in [9.17, 15) is 4.79 Å². The SMILES string of the molecule is CCSCCn1nc(C)c(C(C)=O)c1C. The Morgan fingerprint density at radius 1 is 1.47 bits per heavy atom. The van der Waals surface area contributed by atoms with Crippen molar-refractivity contribution in [1.82, 2.24) is 9.78 Å². The molecule has 84 valence electrons. The number of hydrogen-bond donors (Lipinski definition) is 0. The van der Waals surface area contributed by atoms with E-state index >= 15 is 0 Å². The molecule has 0 aliphatic carbocycles. The molecule has 0 amide bonds. The number of nitrogens with zero attached hydrogens (tertiary/aromatic N) is 2. The molecule has 1 heterocycles. The molecule has 0 saturated heterocycles. The molecule has 0 atom stereocenters. The highest BCUT2D eigenvalue weighted by Crippen LogP contribution is 2.14. The van der Waals surface area contributed by atoms with Crippen molar-refractivity contribution in [2.45, 2.75) is 34.2 Å². The predicted octanol–water partition coefficient (Wildman–Crippen LogP) is 2.46. The molecule has 0 radical (unpaired) electrons. The number of aromatic nitrogens is 2. The molecular formula is C11H18N2OS. The Balaban J connectivity index is 2.82. The highest BCUT2D eigenvalue weighted by Gasteiger charge is 2.14. The summed E-state index contributed by atoms with van der Waals surface area (Å²) >= 11 is 1.89. The Hall–Kier alpha value is -0.770. The summed E-state index contributed by atoms with van der Waals surface area (Å²) in [5, 5.41) is 4.39. The molecule has 1 rings (SSSR count). The van der Waals surface area contributed by atoms with E-state index in [0.29, 0.717) is 0 Å². The minimum absolute atomic E-state index is 0.111. The van der Waals surface area contributed by atoms with Gasteiger partial charge in [-0.2, -0.15) is 16.9 Å². The Labute approximate surface area is 95.2 Å². The number of aryl methyl sites for hydroxylation is 2. The van der Waals surface area contributed by atoms with Crippen molar-refractivity contribution in [1.29, 1.82) is 0 Å². The summed E-state index contributed by atoms with van der Waals surface area (Å²) in [7, 11) is 0. The van der Waals surface area contributed by atoms with Gasteiger partial charge in [0.25, 0.3) is 0 Å². The summed E-state index contributed by atoms with van der Waals surface area (Å²) in [6.45, 7) is 8.49. The fourth-order valence-corrected chi connectivity index (χ4v) is 2.31. The van der Waals surface area contributed by atoms with Crippen LogP contribution in [-0.2, 0) is 6.54 Å². The number of carbonyl (C=O) groups is 1. The van der Waals surface area contributed by atoms with E-state index in [-0.39, 0.29) is 5.78 Å². The predicted molar refractivity (Wildman–Crippen MR) is 64.7 cm³/mol. The van der Waals surface area contributed by atoms with Crippen molar-refractivity contribution < 1.29 is 4.79 Å². The van der Waals surface area contributed by atoms with Gasteiger partial charge in [0.15, 0.2) is 5.78 Å². The number of Topliss-reactive ketones (excluding diaryl/α,β-unsaturated/α-hetero) is 1. The quantitative estimate of drug-likeness (QED) is 0.571. The molecule has 3 nitrogen and oxygen atoms in total. The van der Waals surface area contributed by atoms with Crippen LogP contribution in [0.2, 0.25) is 0 Å². The summed E-state index contributed by atoms with van der Waals surface area (Å²) in [4.78, 5) is 11.4. The summed E-state index contributed by atoms with van der Waals surface area (Å²) in [6, 6.07) is 0. The smallest absolute Gasteiger partial charge is 0.163 e. The molecule has 1 aromatic heterocycles. The molecule has 0 spiro atoms. The average molecular weight is 226 g/mol. The summed E-state index contributed by atoms with van der Waals surface area (Å²) in [6.07, 6.45) is 0. The van der Waals surface area contributed by atoms with Crippen molar-refractivity contribution in [2.24, 2.45) is 0 Å². The lowest BCUT2D eigenvalue weighted by molar-refractivity contribution is 0.101. The molecule has 1 aromatic rings. The Bertz CT molecular complexity index is 358. The van der Waals surface area contributed by atoms with Gasteiger partial charge in [-0.3, -0.25) is 9.48 Å². The van der Waals surface area contributed by atoms with Crippen LogP contribution in [0.5, 0.6) is 0 Å². The first-order valence-electron chi connectivity index (χ1n) is 5.20. The van der Waals surface area contributed by atoms with Crippen LogP contribution in [-0.4, -0.2) is 27.1 Å². The van der Waals surface area contributed by atoms with Gasteiger partial charge in [0.1, 0.15) is 0 Å². The zero-order valence-electron chi connectivity index (χ0n) is 9.83. The third-order valence-electron chi connectivity index (χ3n) is 2.39.